The predicted octanol–water partition coefficient (Wildman–Crippen LogP) is 2.19. The van der Waals surface area contributed by atoms with Gasteiger partial charge in [-0.05, 0) is 54.2 Å². The summed E-state index contributed by atoms with van der Waals surface area (Å²) in [6.07, 6.45) is 3.85. The summed E-state index contributed by atoms with van der Waals surface area (Å²) in [5.41, 5.74) is 2.84. The second-order valence-corrected chi connectivity index (χ2v) is 6.39. The Bertz CT molecular complexity index is 705. The predicted molar refractivity (Wildman–Crippen MR) is 85.4 cm³/mol. The summed E-state index contributed by atoms with van der Waals surface area (Å²) in [5.74, 6) is 1.10. The molecular weight excluding hydrogens is 292 g/mol. The van der Waals surface area contributed by atoms with Crippen molar-refractivity contribution >= 4 is 5.91 Å². The summed E-state index contributed by atoms with van der Waals surface area (Å²) < 4.78 is 5.56. The molecule has 2 aliphatic rings. The van der Waals surface area contributed by atoms with Crippen LogP contribution in [0.1, 0.15) is 40.5 Å². The molecule has 23 heavy (non-hydrogen) atoms. The van der Waals surface area contributed by atoms with Gasteiger partial charge in [0.05, 0.1) is 18.8 Å². The molecule has 1 aromatic carbocycles. The number of hydrogen-bond donors (Lipinski definition) is 3. The Morgan fingerprint density at radius 1 is 1.35 bits per heavy atom. The minimum absolute atomic E-state index is 0.0832. The number of fused-ring (bicyclic) bond motifs is 1. The Hall–Kier alpha value is -2.27. The molecule has 1 aliphatic heterocycles. The van der Waals surface area contributed by atoms with Crippen molar-refractivity contribution in [2.75, 3.05) is 6.61 Å². The van der Waals surface area contributed by atoms with Crippen molar-refractivity contribution in [1.82, 2.24) is 10.3 Å². The smallest absolute Gasteiger partial charge is 0.268 e. The topological polar surface area (TPSA) is 74.3 Å². The highest BCUT2D eigenvalue weighted by atomic mass is 16.5. The minimum Gasteiger partial charge on any atom is -0.493 e. The molecule has 0 saturated heterocycles. The highest BCUT2D eigenvalue weighted by molar-refractivity contribution is 5.92. The van der Waals surface area contributed by atoms with Crippen molar-refractivity contribution < 1.29 is 14.6 Å². The fourth-order valence-electron chi connectivity index (χ4n) is 3.47. The third-order valence-corrected chi connectivity index (χ3v) is 4.82. The maximum absolute atomic E-state index is 12.4. The molecule has 1 atom stereocenters. The number of carbonyl (C=O) groups is 1. The maximum Gasteiger partial charge on any atom is 0.268 e. The van der Waals surface area contributed by atoms with Crippen LogP contribution in [0.4, 0.5) is 0 Å². The van der Waals surface area contributed by atoms with Gasteiger partial charge in [0.1, 0.15) is 11.4 Å². The lowest BCUT2D eigenvalue weighted by Gasteiger charge is -2.38. The third-order valence-electron chi connectivity index (χ3n) is 4.82. The molecule has 1 fully saturated rings. The van der Waals surface area contributed by atoms with Gasteiger partial charge in [-0.15, -0.1) is 0 Å². The second-order valence-electron chi connectivity index (χ2n) is 6.39. The van der Waals surface area contributed by atoms with Crippen molar-refractivity contribution in [3.63, 3.8) is 0 Å². The Morgan fingerprint density at radius 2 is 2.22 bits per heavy atom. The number of carbonyl (C=O) groups excluding carboxylic acids is 1. The second kappa shape index (κ2) is 5.74. The van der Waals surface area contributed by atoms with Gasteiger partial charge in [-0.2, -0.15) is 0 Å². The Kier molecular flexibility index (Phi) is 3.58. The highest BCUT2D eigenvalue weighted by Crippen LogP contribution is 2.39. The summed E-state index contributed by atoms with van der Waals surface area (Å²) in [5, 5.41) is 12.8. The molecule has 5 heteroatoms. The molecule has 4 rings (SSSR count). The summed E-state index contributed by atoms with van der Waals surface area (Å²) in [6.45, 7) is 0.723. The molecule has 1 saturated carbocycles. The van der Waals surface area contributed by atoms with Crippen LogP contribution < -0.4 is 10.1 Å². The lowest BCUT2D eigenvalue weighted by Crippen LogP contribution is -2.41. The molecule has 0 radical (unpaired) electrons. The molecule has 1 aromatic heterocycles. The van der Waals surface area contributed by atoms with Crippen LogP contribution >= 0.6 is 0 Å². The number of aliphatic hydroxyl groups is 1. The first-order valence-electron chi connectivity index (χ1n) is 8.08. The quantitative estimate of drug-likeness (QED) is 0.810. The number of nitrogens with one attached hydrogen (secondary N) is 2. The normalized spacial score (nSPS) is 23.5. The number of aliphatic hydroxyl groups excluding tert-OH is 1. The van der Waals surface area contributed by atoms with E-state index in [0.29, 0.717) is 5.69 Å². The molecule has 3 N–H and O–H groups in total. The monoisotopic (exact) mass is 312 g/mol. The van der Waals surface area contributed by atoms with E-state index in [2.05, 4.69) is 16.4 Å². The number of hydrogen-bond acceptors (Lipinski definition) is 3. The summed E-state index contributed by atoms with van der Waals surface area (Å²) in [6, 6.07) is 9.63. The first-order valence-corrected chi connectivity index (χ1v) is 8.08. The van der Waals surface area contributed by atoms with Crippen molar-refractivity contribution in [3.05, 3.63) is 53.3 Å². The van der Waals surface area contributed by atoms with E-state index in [-0.39, 0.29) is 24.0 Å². The van der Waals surface area contributed by atoms with Crippen LogP contribution in [-0.4, -0.2) is 28.7 Å². The van der Waals surface area contributed by atoms with Crippen LogP contribution in [0, 0.1) is 5.92 Å². The first kappa shape index (κ1) is 14.3. The number of amides is 1. The van der Waals surface area contributed by atoms with E-state index in [1.165, 1.54) is 5.56 Å². The van der Waals surface area contributed by atoms with E-state index < -0.39 is 0 Å². The van der Waals surface area contributed by atoms with Crippen molar-refractivity contribution in [1.29, 1.82) is 0 Å². The van der Waals surface area contributed by atoms with Gasteiger partial charge in [0.15, 0.2) is 0 Å². The molecule has 120 valence electrons. The largest absolute Gasteiger partial charge is 0.493 e. The van der Waals surface area contributed by atoms with Crippen molar-refractivity contribution in [2.45, 2.75) is 31.4 Å². The number of aromatic nitrogens is 1. The fraction of sp³-hybridized carbons (Fsp3) is 0.389. The molecule has 2 heterocycles. The number of aromatic amines is 1. The summed E-state index contributed by atoms with van der Waals surface area (Å²) in [7, 11) is 0. The van der Waals surface area contributed by atoms with E-state index in [4.69, 9.17) is 4.74 Å². The Balaban J connectivity index is 1.59. The average Bonchev–Trinajstić information content (AvgIpc) is 3.19. The SMILES string of the molecule is O=C(NC(c1ccc2c(c1)CCO2)C1CC(O)C1)c1ccc[nH]1. The van der Waals surface area contributed by atoms with Gasteiger partial charge in [-0.25, -0.2) is 0 Å². The highest BCUT2D eigenvalue weighted by Gasteiger charge is 2.36. The first-order chi connectivity index (χ1) is 11.2. The zero-order chi connectivity index (χ0) is 15.8. The maximum atomic E-state index is 12.4. The number of benzene rings is 1. The van der Waals surface area contributed by atoms with Gasteiger partial charge in [0.25, 0.3) is 5.91 Å². The van der Waals surface area contributed by atoms with Crippen LogP contribution in [0.25, 0.3) is 0 Å². The Morgan fingerprint density at radius 3 is 2.96 bits per heavy atom. The van der Waals surface area contributed by atoms with Crippen LogP contribution in [-0.2, 0) is 6.42 Å². The number of H-pyrrole nitrogens is 1. The zero-order valence-corrected chi connectivity index (χ0v) is 12.8. The van der Waals surface area contributed by atoms with Crippen molar-refractivity contribution in [3.8, 4) is 5.75 Å². The van der Waals surface area contributed by atoms with E-state index in [9.17, 15) is 9.90 Å². The molecule has 0 spiro atoms. The number of ether oxygens (including phenoxy) is 1. The van der Waals surface area contributed by atoms with Crippen LogP contribution in [0.2, 0.25) is 0 Å². The average molecular weight is 312 g/mol. The zero-order valence-electron chi connectivity index (χ0n) is 12.8. The van der Waals surface area contributed by atoms with Gasteiger partial charge in [0.2, 0.25) is 0 Å². The van der Waals surface area contributed by atoms with E-state index >= 15 is 0 Å². The van der Waals surface area contributed by atoms with Gasteiger partial charge >= 0.3 is 0 Å². The molecule has 2 aromatic rings. The molecule has 1 unspecified atom stereocenters. The fourth-order valence-corrected chi connectivity index (χ4v) is 3.47. The minimum atomic E-state index is -0.248. The van der Waals surface area contributed by atoms with E-state index in [0.717, 1.165) is 37.2 Å². The van der Waals surface area contributed by atoms with Crippen LogP contribution in [0.3, 0.4) is 0 Å². The molecule has 1 aliphatic carbocycles. The van der Waals surface area contributed by atoms with Gasteiger partial charge in [-0.1, -0.05) is 6.07 Å². The van der Waals surface area contributed by atoms with Gasteiger partial charge < -0.3 is 20.1 Å². The number of rotatable bonds is 4. The molecule has 5 nitrogen and oxygen atoms in total. The van der Waals surface area contributed by atoms with Gasteiger partial charge in [-0.3, -0.25) is 4.79 Å². The molecule has 0 bridgehead atoms. The summed E-state index contributed by atoms with van der Waals surface area (Å²) >= 11 is 0. The van der Waals surface area contributed by atoms with E-state index in [1.54, 1.807) is 12.3 Å². The Labute approximate surface area is 134 Å². The third kappa shape index (κ3) is 2.72. The standard InChI is InChI=1S/C18H20N2O3/c21-14-9-13(10-14)17(20-18(22)15-2-1-6-19-15)12-3-4-16-11(8-12)5-7-23-16/h1-4,6,8,13-14,17,19,21H,5,7,9-10H2,(H,20,22). The van der Waals surface area contributed by atoms with Gasteiger partial charge in [0, 0.05) is 12.6 Å². The lowest BCUT2D eigenvalue weighted by molar-refractivity contribution is 0.0234. The molecular formula is C18H20N2O3. The molecule has 1 amide bonds. The van der Waals surface area contributed by atoms with Crippen LogP contribution in [0.5, 0.6) is 5.75 Å². The van der Waals surface area contributed by atoms with E-state index in [1.807, 2.05) is 18.2 Å². The summed E-state index contributed by atoms with van der Waals surface area (Å²) in [4.78, 5) is 15.4. The van der Waals surface area contributed by atoms with Crippen molar-refractivity contribution in [2.24, 2.45) is 5.92 Å². The van der Waals surface area contributed by atoms with Crippen LogP contribution in [0.15, 0.2) is 36.5 Å². The lowest BCUT2D eigenvalue weighted by atomic mass is 9.75.